The van der Waals surface area contributed by atoms with Crippen molar-refractivity contribution in [1.82, 2.24) is 0 Å². The van der Waals surface area contributed by atoms with Crippen molar-refractivity contribution in [3.63, 3.8) is 0 Å². The van der Waals surface area contributed by atoms with Gasteiger partial charge in [-0.25, -0.2) is 4.90 Å². The van der Waals surface area contributed by atoms with Crippen LogP contribution in [0.2, 0.25) is 0 Å². The lowest BCUT2D eigenvalue weighted by Crippen LogP contribution is -2.32. The minimum atomic E-state index is -4.60. The predicted molar refractivity (Wildman–Crippen MR) is 120 cm³/mol. The average Bonchev–Trinajstić information content (AvgIpc) is 3.35. The highest BCUT2D eigenvalue weighted by molar-refractivity contribution is 7.11. The van der Waals surface area contributed by atoms with Crippen molar-refractivity contribution in [3.05, 3.63) is 82.2 Å². The van der Waals surface area contributed by atoms with E-state index < -0.39 is 23.6 Å². The second-order valence-corrected chi connectivity index (χ2v) is 8.24. The molecule has 9 heteroatoms. The Kier molecular flexibility index (Phi) is 5.52. The molecule has 1 aliphatic rings. The average molecular weight is 457 g/mol. The minimum absolute atomic E-state index is 0.0208. The van der Waals surface area contributed by atoms with Gasteiger partial charge in [0.2, 0.25) is 0 Å². The number of nitrogens with one attached hydrogen (secondary N) is 1. The molecule has 2 aromatic carbocycles. The molecular weight excluding hydrogens is 439 g/mol. The van der Waals surface area contributed by atoms with Gasteiger partial charge in [0.1, 0.15) is 5.70 Å². The van der Waals surface area contributed by atoms with E-state index in [1.165, 1.54) is 23.5 Å². The number of nitrogens with zero attached hydrogens (tertiary/aromatic N) is 2. The van der Waals surface area contributed by atoms with Crippen LogP contribution in [-0.2, 0) is 15.8 Å². The topological polar surface area (TPSA) is 52.7 Å². The van der Waals surface area contributed by atoms with Crippen LogP contribution in [-0.4, -0.2) is 25.9 Å². The number of amides is 2. The Labute approximate surface area is 186 Å². The molecule has 0 spiro atoms. The number of imide groups is 1. The molecule has 4 rings (SSSR count). The number of halogens is 3. The molecule has 1 aromatic heterocycles. The van der Waals surface area contributed by atoms with Crippen LogP contribution < -0.4 is 15.1 Å². The molecule has 1 N–H and O–H groups in total. The largest absolute Gasteiger partial charge is 0.416 e. The maximum absolute atomic E-state index is 13.3. The number of carbonyl (C=O) groups excluding carboxylic acids is 2. The highest BCUT2D eigenvalue weighted by Gasteiger charge is 2.41. The molecule has 1 aliphatic heterocycles. The second-order valence-electron chi connectivity index (χ2n) is 7.29. The van der Waals surface area contributed by atoms with Crippen molar-refractivity contribution >= 4 is 45.8 Å². The fourth-order valence-corrected chi connectivity index (χ4v) is 4.11. The van der Waals surface area contributed by atoms with Crippen LogP contribution in [0.3, 0.4) is 0 Å². The first-order valence-electron chi connectivity index (χ1n) is 9.55. The smallest absolute Gasteiger partial charge is 0.378 e. The first kappa shape index (κ1) is 21.6. The zero-order chi connectivity index (χ0) is 23.0. The summed E-state index contributed by atoms with van der Waals surface area (Å²) in [6.45, 7) is 0. The van der Waals surface area contributed by atoms with Crippen LogP contribution in [0.25, 0.3) is 5.57 Å². The Morgan fingerprint density at radius 2 is 1.66 bits per heavy atom. The number of hydrogen-bond acceptors (Lipinski definition) is 5. The Balaban J connectivity index is 1.75. The number of benzene rings is 2. The summed E-state index contributed by atoms with van der Waals surface area (Å²) < 4.78 is 39.6. The number of alkyl halides is 3. The van der Waals surface area contributed by atoms with Crippen LogP contribution in [0, 0.1) is 0 Å². The van der Waals surface area contributed by atoms with Gasteiger partial charge in [0, 0.05) is 30.3 Å². The molecule has 5 nitrogen and oxygen atoms in total. The van der Waals surface area contributed by atoms with E-state index in [9.17, 15) is 22.8 Å². The SMILES string of the molecule is CN(C)c1ccc(NC2=C(c3cccs3)C(=O)N(c3cccc(C(F)(F)F)c3)C2=O)cc1. The number of hydrogen-bond donors (Lipinski definition) is 1. The van der Waals surface area contributed by atoms with Gasteiger partial charge in [0.15, 0.2) is 0 Å². The molecule has 0 saturated carbocycles. The van der Waals surface area contributed by atoms with Crippen LogP contribution in [0.1, 0.15) is 10.4 Å². The lowest BCUT2D eigenvalue weighted by Gasteiger charge is -2.17. The monoisotopic (exact) mass is 457 g/mol. The van der Waals surface area contributed by atoms with E-state index in [0.29, 0.717) is 10.6 Å². The maximum atomic E-state index is 13.3. The highest BCUT2D eigenvalue weighted by atomic mass is 32.1. The fraction of sp³-hybridized carbons (Fsp3) is 0.130. The Hall–Kier alpha value is -3.59. The third kappa shape index (κ3) is 3.99. The molecule has 0 radical (unpaired) electrons. The fourth-order valence-electron chi connectivity index (χ4n) is 3.34. The van der Waals surface area contributed by atoms with Crippen molar-refractivity contribution in [1.29, 1.82) is 0 Å². The molecule has 2 heterocycles. The number of carbonyl (C=O) groups is 2. The van der Waals surface area contributed by atoms with Gasteiger partial charge in [0.25, 0.3) is 11.8 Å². The first-order valence-corrected chi connectivity index (χ1v) is 10.4. The Morgan fingerprint density at radius 1 is 0.938 bits per heavy atom. The van der Waals surface area contributed by atoms with Gasteiger partial charge in [-0.15, -0.1) is 11.3 Å². The quantitative estimate of drug-likeness (QED) is 0.533. The molecule has 0 fully saturated rings. The summed E-state index contributed by atoms with van der Waals surface area (Å²) in [4.78, 5) is 29.7. The van der Waals surface area contributed by atoms with Gasteiger partial charge in [-0.2, -0.15) is 13.2 Å². The van der Waals surface area contributed by atoms with Crippen LogP contribution >= 0.6 is 11.3 Å². The first-order chi connectivity index (χ1) is 15.2. The summed E-state index contributed by atoms with van der Waals surface area (Å²) in [5.41, 5.74) is 0.596. The Morgan fingerprint density at radius 3 is 2.25 bits per heavy atom. The van der Waals surface area contributed by atoms with E-state index >= 15 is 0 Å². The van der Waals surface area contributed by atoms with Gasteiger partial charge in [-0.3, -0.25) is 9.59 Å². The normalized spacial score (nSPS) is 14.3. The van der Waals surface area contributed by atoms with E-state index in [4.69, 9.17) is 0 Å². The summed E-state index contributed by atoms with van der Waals surface area (Å²) >= 11 is 1.27. The third-order valence-electron chi connectivity index (χ3n) is 4.94. The molecule has 0 bridgehead atoms. The number of thiophene rings is 1. The summed E-state index contributed by atoms with van der Waals surface area (Å²) in [5.74, 6) is -1.39. The molecule has 164 valence electrons. The van der Waals surface area contributed by atoms with Crippen LogP contribution in [0.4, 0.5) is 30.2 Å². The summed E-state index contributed by atoms with van der Waals surface area (Å²) in [6.07, 6.45) is -4.60. The van der Waals surface area contributed by atoms with E-state index in [2.05, 4.69) is 5.32 Å². The lowest BCUT2D eigenvalue weighted by molar-refractivity contribution is -0.137. The van der Waals surface area contributed by atoms with Crippen molar-refractivity contribution in [3.8, 4) is 0 Å². The summed E-state index contributed by atoms with van der Waals surface area (Å²) in [6, 6.07) is 14.8. The zero-order valence-corrected chi connectivity index (χ0v) is 17.9. The lowest BCUT2D eigenvalue weighted by atomic mass is 10.1. The molecule has 0 saturated heterocycles. The molecule has 0 aliphatic carbocycles. The molecule has 3 aromatic rings. The van der Waals surface area contributed by atoms with E-state index in [1.807, 2.05) is 31.1 Å². The van der Waals surface area contributed by atoms with Gasteiger partial charge < -0.3 is 10.2 Å². The molecular formula is C23H18F3N3O2S. The van der Waals surface area contributed by atoms with Crippen molar-refractivity contribution in [2.45, 2.75) is 6.18 Å². The van der Waals surface area contributed by atoms with Crippen LogP contribution in [0.15, 0.2) is 71.7 Å². The summed E-state index contributed by atoms with van der Waals surface area (Å²) in [7, 11) is 3.79. The molecule has 32 heavy (non-hydrogen) atoms. The minimum Gasteiger partial charge on any atom is -0.378 e. The Bertz CT molecular complexity index is 1200. The zero-order valence-electron chi connectivity index (χ0n) is 17.1. The van der Waals surface area contributed by atoms with Crippen LogP contribution in [0.5, 0.6) is 0 Å². The number of rotatable bonds is 5. The van der Waals surface area contributed by atoms with Crippen molar-refractivity contribution in [2.24, 2.45) is 0 Å². The van der Waals surface area contributed by atoms with Gasteiger partial charge >= 0.3 is 6.18 Å². The van der Waals surface area contributed by atoms with E-state index in [0.717, 1.165) is 22.7 Å². The molecule has 0 atom stereocenters. The predicted octanol–water partition coefficient (Wildman–Crippen LogP) is 5.23. The summed E-state index contributed by atoms with van der Waals surface area (Å²) in [5, 5.41) is 4.76. The van der Waals surface area contributed by atoms with Gasteiger partial charge in [0.05, 0.1) is 16.8 Å². The van der Waals surface area contributed by atoms with Crippen molar-refractivity contribution < 1.29 is 22.8 Å². The molecule has 2 amide bonds. The van der Waals surface area contributed by atoms with E-state index in [-0.39, 0.29) is 17.0 Å². The number of anilines is 3. The highest BCUT2D eigenvalue weighted by Crippen LogP contribution is 2.38. The molecule has 0 unspecified atom stereocenters. The third-order valence-corrected chi connectivity index (χ3v) is 5.82. The van der Waals surface area contributed by atoms with E-state index in [1.54, 1.807) is 29.6 Å². The van der Waals surface area contributed by atoms with Gasteiger partial charge in [-0.05, 0) is 53.9 Å². The van der Waals surface area contributed by atoms with Gasteiger partial charge in [-0.1, -0.05) is 12.1 Å². The van der Waals surface area contributed by atoms with Crippen molar-refractivity contribution in [2.75, 3.05) is 29.2 Å². The second kappa shape index (κ2) is 8.16. The standard InChI is InChI=1S/C23H18F3N3O2S/c1-28(2)16-10-8-15(9-11-16)27-20-19(18-7-4-12-32-18)21(30)29(22(20)31)17-6-3-5-14(13-17)23(24,25)26/h3-13,27H,1-2H3. The maximum Gasteiger partial charge on any atom is 0.416 e.